The van der Waals surface area contributed by atoms with E-state index in [9.17, 15) is 13.2 Å². The number of nitrogens with zero attached hydrogens (tertiary/aromatic N) is 2. The molecule has 1 aliphatic heterocycles. The van der Waals surface area contributed by atoms with Crippen LogP contribution in [0, 0.1) is 5.92 Å². The SMILES string of the molecule is C=C1C=C(C(F)(F)F)c2cccnc2N1C1CC(C)C1. The van der Waals surface area contributed by atoms with Crippen LogP contribution in [0.5, 0.6) is 0 Å². The largest absolute Gasteiger partial charge is 0.417 e. The average molecular weight is 280 g/mol. The van der Waals surface area contributed by atoms with Gasteiger partial charge in [0.1, 0.15) is 5.82 Å². The lowest BCUT2D eigenvalue weighted by atomic mass is 9.79. The van der Waals surface area contributed by atoms with Crippen LogP contribution in [0.4, 0.5) is 19.0 Å². The van der Waals surface area contributed by atoms with Gasteiger partial charge in [0.15, 0.2) is 0 Å². The van der Waals surface area contributed by atoms with E-state index in [0.29, 0.717) is 17.4 Å². The van der Waals surface area contributed by atoms with E-state index in [2.05, 4.69) is 18.5 Å². The molecule has 1 saturated carbocycles. The van der Waals surface area contributed by atoms with Crippen molar-refractivity contribution in [2.75, 3.05) is 4.90 Å². The van der Waals surface area contributed by atoms with Crippen LogP contribution in [-0.4, -0.2) is 17.2 Å². The fourth-order valence-corrected chi connectivity index (χ4v) is 2.96. The Bertz CT molecular complexity index is 583. The zero-order chi connectivity index (χ0) is 14.5. The van der Waals surface area contributed by atoms with Crippen molar-refractivity contribution in [1.29, 1.82) is 0 Å². The van der Waals surface area contributed by atoms with Crippen molar-refractivity contribution in [2.45, 2.75) is 32.0 Å². The quantitative estimate of drug-likeness (QED) is 0.768. The maximum atomic E-state index is 13.1. The summed E-state index contributed by atoms with van der Waals surface area (Å²) >= 11 is 0. The number of alkyl halides is 3. The molecule has 1 fully saturated rings. The lowest BCUT2D eigenvalue weighted by molar-refractivity contribution is -0.0690. The van der Waals surface area contributed by atoms with E-state index in [-0.39, 0.29) is 11.6 Å². The van der Waals surface area contributed by atoms with Gasteiger partial charge in [-0.1, -0.05) is 13.5 Å². The van der Waals surface area contributed by atoms with Gasteiger partial charge in [-0.3, -0.25) is 0 Å². The van der Waals surface area contributed by atoms with Gasteiger partial charge in [-0.25, -0.2) is 4.98 Å². The highest BCUT2D eigenvalue weighted by Gasteiger charge is 2.42. The molecular weight excluding hydrogens is 265 g/mol. The van der Waals surface area contributed by atoms with Crippen LogP contribution in [0.15, 0.2) is 36.7 Å². The molecule has 0 N–H and O–H groups in total. The molecule has 0 unspecified atom stereocenters. The van der Waals surface area contributed by atoms with Gasteiger partial charge in [0.25, 0.3) is 0 Å². The second-order valence-corrected chi connectivity index (χ2v) is 5.52. The number of hydrogen-bond acceptors (Lipinski definition) is 2. The standard InChI is InChI=1S/C15H15F3N2/c1-9-6-11(7-9)20-10(2)8-13(15(16,17)18)12-4-3-5-19-14(12)20/h3-5,8-9,11H,2,6-7H2,1H3. The topological polar surface area (TPSA) is 16.1 Å². The number of fused-ring (bicyclic) bond motifs is 1. The molecule has 3 rings (SSSR count). The lowest BCUT2D eigenvalue weighted by Gasteiger charge is -2.44. The molecule has 1 aromatic heterocycles. The fraction of sp³-hybridized carbons (Fsp3) is 0.400. The first-order valence-corrected chi connectivity index (χ1v) is 6.60. The summed E-state index contributed by atoms with van der Waals surface area (Å²) < 4.78 is 39.4. The Kier molecular flexibility index (Phi) is 2.88. The molecule has 5 heteroatoms. The zero-order valence-corrected chi connectivity index (χ0v) is 11.1. The van der Waals surface area contributed by atoms with Crippen LogP contribution in [0.1, 0.15) is 25.3 Å². The van der Waals surface area contributed by atoms with Crippen LogP contribution in [0.2, 0.25) is 0 Å². The average Bonchev–Trinajstić information content (AvgIpc) is 2.34. The van der Waals surface area contributed by atoms with Gasteiger partial charge in [0.05, 0.1) is 5.57 Å². The molecule has 0 saturated heterocycles. The third-order valence-corrected chi connectivity index (χ3v) is 3.94. The van der Waals surface area contributed by atoms with Crippen molar-refractivity contribution < 1.29 is 13.2 Å². The predicted molar refractivity (Wildman–Crippen MR) is 72.1 cm³/mol. The first-order chi connectivity index (χ1) is 9.38. The number of aromatic nitrogens is 1. The molecular formula is C15H15F3N2. The van der Waals surface area contributed by atoms with Crippen LogP contribution in [-0.2, 0) is 0 Å². The van der Waals surface area contributed by atoms with E-state index in [0.717, 1.165) is 18.9 Å². The van der Waals surface area contributed by atoms with Crippen LogP contribution in [0.3, 0.4) is 0 Å². The Morgan fingerprint density at radius 3 is 2.65 bits per heavy atom. The normalized spacial score (nSPS) is 25.9. The molecule has 0 radical (unpaired) electrons. The van der Waals surface area contributed by atoms with E-state index < -0.39 is 11.7 Å². The van der Waals surface area contributed by atoms with Crippen molar-refractivity contribution in [1.82, 2.24) is 4.98 Å². The molecule has 0 spiro atoms. The van der Waals surface area contributed by atoms with Gasteiger partial charge in [0.2, 0.25) is 0 Å². The number of halogens is 3. The number of hydrogen-bond donors (Lipinski definition) is 0. The van der Waals surface area contributed by atoms with Crippen LogP contribution < -0.4 is 4.90 Å². The highest BCUT2D eigenvalue weighted by molar-refractivity contribution is 5.84. The second-order valence-electron chi connectivity index (χ2n) is 5.52. The molecule has 0 aromatic carbocycles. The number of pyridine rings is 1. The number of rotatable bonds is 1. The smallest absolute Gasteiger partial charge is 0.323 e. The molecule has 1 aromatic rings. The summed E-state index contributed by atoms with van der Waals surface area (Å²) in [5.41, 5.74) is -0.137. The number of anilines is 1. The van der Waals surface area contributed by atoms with E-state index in [1.165, 1.54) is 18.3 Å². The summed E-state index contributed by atoms with van der Waals surface area (Å²) in [6.45, 7) is 5.93. The third kappa shape index (κ3) is 2.01. The molecule has 2 heterocycles. The molecule has 0 amide bonds. The van der Waals surface area contributed by atoms with Crippen molar-refractivity contribution in [3.05, 3.63) is 42.2 Å². The van der Waals surface area contributed by atoms with Gasteiger partial charge in [-0.05, 0) is 37.0 Å². The summed E-state index contributed by atoms with van der Waals surface area (Å²) in [5.74, 6) is 0.983. The maximum Gasteiger partial charge on any atom is 0.417 e. The minimum atomic E-state index is -4.39. The molecule has 0 bridgehead atoms. The van der Waals surface area contributed by atoms with Crippen molar-refractivity contribution in [3.8, 4) is 0 Å². The maximum absolute atomic E-state index is 13.1. The van der Waals surface area contributed by atoms with Crippen LogP contribution in [0.25, 0.3) is 5.57 Å². The molecule has 2 aliphatic rings. The van der Waals surface area contributed by atoms with Crippen molar-refractivity contribution in [3.63, 3.8) is 0 Å². The van der Waals surface area contributed by atoms with Gasteiger partial charge < -0.3 is 4.90 Å². The van der Waals surface area contributed by atoms with E-state index in [1.54, 1.807) is 0 Å². The first kappa shape index (κ1) is 13.2. The Labute approximate surface area is 115 Å². The molecule has 20 heavy (non-hydrogen) atoms. The highest BCUT2D eigenvalue weighted by atomic mass is 19.4. The second kappa shape index (κ2) is 4.36. The molecule has 106 valence electrons. The van der Waals surface area contributed by atoms with Gasteiger partial charge in [0, 0.05) is 23.5 Å². The monoisotopic (exact) mass is 280 g/mol. The van der Waals surface area contributed by atoms with E-state index in [1.807, 2.05) is 4.90 Å². The molecule has 1 aliphatic carbocycles. The lowest BCUT2D eigenvalue weighted by Crippen LogP contribution is -2.45. The Morgan fingerprint density at radius 1 is 1.35 bits per heavy atom. The summed E-state index contributed by atoms with van der Waals surface area (Å²) in [4.78, 5) is 6.02. The third-order valence-electron chi connectivity index (χ3n) is 3.94. The summed E-state index contributed by atoms with van der Waals surface area (Å²) in [6, 6.07) is 3.22. The van der Waals surface area contributed by atoms with Gasteiger partial charge >= 0.3 is 6.18 Å². The van der Waals surface area contributed by atoms with E-state index >= 15 is 0 Å². The predicted octanol–water partition coefficient (Wildman–Crippen LogP) is 4.16. The fourth-order valence-electron chi connectivity index (χ4n) is 2.96. The zero-order valence-electron chi connectivity index (χ0n) is 11.1. The Morgan fingerprint density at radius 2 is 2.05 bits per heavy atom. The van der Waals surface area contributed by atoms with Crippen molar-refractivity contribution in [2.24, 2.45) is 5.92 Å². The minimum absolute atomic E-state index is 0.145. The van der Waals surface area contributed by atoms with Gasteiger partial charge in [-0.15, -0.1) is 0 Å². The minimum Gasteiger partial charge on any atom is -0.323 e. The molecule has 2 nitrogen and oxygen atoms in total. The Balaban J connectivity index is 2.06. The van der Waals surface area contributed by atoms with E-state index in [4.69, 9.17) is 0 Å². The number of allylic oxidation sites excluding steroid dienone is 2. The van der Waals surface area contributed by atoms with Gasteiger partial charge in [-0.2, -0.15) is 13.2 Å². The van der Waals surface area contributed by atoms with Crippen LogP contribution >= 0.6 is 0 Å². The Hall–Kier alpha value is -1.78. The highest BCUT2D eigenvalue weighted by Crippen LogP contribution is 2.46. The molecule has 0 atom stereocenters. The summed E-state index contributed by atoms with van der Waals surface area (Å²) in [6.07, 6.45) is 0.196. The first-order valence-electron chi connectivity index (χ1n) is 6.60. The summed E-state index contributed by atoms with van der Waals surface area (Å²) in [5, 5.41) is 0. The summed E-state index contributed by atoms with van der Waals surface area (Å²) in [7, 11) is 0. The van der Waals surface area contributed by atoms with Crippen molar-refractivity contribution >= 4 is 11.4 Å².